The Hall–Kier alpha value is -1.78. The number of hydrogen-bond acceptors (Lipinski definition) is 0. The van der Waals surface area contributed by atoms with Gasteiger partial charge in [0.1, 0.15) is 0 Å². The summed E-state index contributed by atoms with van der Waals surface area (Å²) in [7, 11) is 0. The Morgan fingerprint density at radius 1 is 0.567 bits per heavy atom. The van der Waals surface area contributed by atoms with E-state index in [1.54, 1.807) is 0 Å². The Bertz CT molecular complexity index is 696. The van der Waals surface area contributed by atoms with Crippen molar-refractivity contribution in [2.24, 2.45) is 11.3 Å². The Labute approximate surface area is 151 Å². The van der Waals surface area contributed by atoms with Crippen LogP contribution in [-0.2, 0) is 0 Å². The molecule has 0 aliphatic heterocycles. The summed E-state index contributed by atoms with van der Waals surface area (Å²) >= 11 is 0. The fourth-order valence-electron chi connectivity index (χ4n) is 2.90. The summed E-state index contributed by atoms with van der Waals surface area (Å²) in [5.74, 6) is -6.02. The molecule has 0 fully saturated rings. The van der Waals surface area contributed by atoms with E-state index in [9.17, 15) is 79.0 Å². The zero-order valence-electron chi connectivity index (χ0n) is 13.0. The summed E-state index contributed by atoms with van der Waals surface area (Å²) < 4.78 is 231. The van der Waals surface area contributed by atoms with Gasteiger partial charge in [-0.15, -0.1) is 0 Å². The summed E-state index contributed by atoms with van der Waals surface area (Å²) in [6.07, 6.45) is -45.0. The van der Waals surface area contributed by atoms with Gasteiger partial charge in [0.05, 0.1) is 5.57 Å². The van der Waals surface area contributed by atoms with Crippen LogP contribution in [0.5, 0.6) is 0 Å². The van der Waals surface area contributed by atoms with Crippen molar-refractivity contribution >= 4 is 0 Å². The average molecular weight is 488 g/mol. The van der Waals surface area contributed by atoms with Crippen molar-refractivity contribution in [1.29, 1.82) is 0 Å². The number of alkyl halides is 18. The smallest absolute Gasteiger partial charge is 0.170 e. The third-order valence-corrected chi connectivity index (χ3v) is 3.73. The first kappa shape index (κ1) is 26.3. The van der Waals surface area contributed by atoms with E-state index in [1.165, 1.54) is 0 Å². The van der Waals surface area contributed by atoms with E-state index in [0.29, 0.717) is 0 Å². The lowest BCUT2D eigenvalue weighted by Gasteiger charge is -2.52. The Balaban J connectivity index is 4.40. The highest BCUT2D eigenvalue weighted by Crippen LogP contribution is 2.74. The normalized spacial score (nSPS) is 20.8. The molecule has 0 aromatic heterocycles. The number of allylic oxidation sites excluding steroid dienone is 4. The molecule has 0 atom stereocenters. The first-order chi connectivity index (χ1) is 12.7. The topological polar surface area (TPSA) is 0 Å². The third-order valence-electron chi connectivity index (χ3n) is 3.73. The van der Waals surface area contributed by atoms with Gasteiger partial charge in [-0.2, -0.15) is 79.0 Å². The number of hydrogen-bond donors (Lipinski definition) is 0. The molecule has 0 aromatic carbocycles. The largest absolute Gasteiger partial charge is 0.416 e. The first-order valence-electron chi connectivity index (χ1n) is 6.60. The molecular weight excluding hydrogens is 486 g/mol. The molecule has 0 heterocycles. The minimum atomic E-state index is -7.50. The van der Waals surface area contributed by atoms with Crippen molar-refractivity contribution in [2.45, 2.75) is 37.1 Å². The predicted octanol–water partition coefficient (Wildman–Crippen LogP) is 7.20. The highest BCUT2D eigenvalue weighted by atomic mass is 19.4. The third kappa shape index (κ3) is 4.17. The van der Waals surface area contributed by atoms with E-state index in [0.717, 1.165) is 0 Å². The van der Waals surface area contributed by atoms with Crippen molar-refractivity contribution in [3.05, 3.63) is 22.8 Å². The number of rotatable bonds is 1. The minimum Gasteiger partial charge on any atom is -0.170 e. The zero-order chi connectivity index (χ0) is 24.5. The molecule has 0 unspecified atom stereocenters. The standard InChI is InChI=1S/C12H2F18/c13-6(14,15)1-2-3(8(16,17)18)4(5(9(19,20)21)10(22,23)24)7(2,11(25,26)27)12(28,29)30/h1,5H/b2-1+. The van der Waals surface area contributed by atoms with Crippen molar-refractivity contribution in [2.75, 3.05) is 0 Å². The summed E-state index contributed by atoms with van der Waals surface area (Å²) in [6, 6.07) is 0. The average Bonchev–Trinajstić information content (AvgIpc) is 2.25. The summed E-state index contributed by atoms with van der Waals surface area (Å²) in [5.41, 5.74) is -19.1. The fraction of sp³-hybridized carbons (Fsp3) is 0.667. The number of halogens is 18. The van der Waals surface area contributed by atoms with E-state index in [4.69, 9.17) is 0 Å². The summed E-state index contributed by atoms with van der Waals surface area (Å²) in [5, 5.41) is 0. The maximum Gasteiger partial charge on any atom is 0.416 e. The zero-order valence-corrected chi connectivity index (χ0v) is 13.0. The van der Waals surface area contributed by atoms with Crippen LogP contribution < -0.4 is 0 Å². The maximum atomic E-state index is 13.2. The Morgan fingerprint density at radius 3 is 1.10 bits per heavy atom. The van der Waals surface area contributed by atoms with E-state index in [1.807, 2.05) is 0 Å². The van der Waals surface area contributed by atoms with Crippen molar-refractivity contribution < 1.29 is 79.0 Å². The maximum absolute atomic E-state index is 13.2. The van der Waals surface area contributed by atoms with Gasteiger partial charge in [0, 0.05) is 6.08 Å². The predicted molar refractivity (Wildman–Crippen MR) is 57.4 cm³/mol. The second kappa shape index (κ2) is 6.61. The minimum absolute atomic E-state index is 2.27. The lowest BCUT2D eigenvalue weighted by Crippen LogP contribution is -2.64. The van der Waals surface area contributed by atoms with Crippen LogP contribution in [-0.4, -0.2) is 37.1 Å². The highest BCUT2D eigenvalue weighted by molar-refractivity contribution is 5.64. The van der Waals surface area contributed by atoms with Crippen LogP contribution in [0.2, 0.25) is 0 Å². The van der Waals surface area contributed by atoms with Crippen LogP contribution >= 0.6 is 0 Å². The van der Waals surface area contributed by atoms with Crippen molar-refractivity contribution in [3.63, 3.8) is 0 Å². The van der Waals surface area contributed by atoms with Gasteiger partial charge >= 0.3 is 37.1 Å². The SMILES string of the molecule is FC(F)(F)/C=C1\C(C(F)(F)F)=C(C(C(F)(F)F)C(F)(F)F)C1(C(F)(F)F)C(F)(F)F. The van der Waals surface area contributed by atoms with Crippen molar-refractivity contribution in [3.8, 4) is 0 Å². The lowest BCUT2D eigenvalue weighted by atomic mass is 9.54. The van der Waals surface area contributed by atoms with Gasteiger partial charge in [-0.3, -0.25) is 0 Å². The van der Waals surface area contributed by atoms with Crippen LogP contribution in [0.4, 0.5) is 79.0 Å². The molecule has 0 amide bonds. The van der Waals surface area contributed by atoms with Gasteiger partial charge in [-0.25, -0.2) is 0 Å². The molecule has 0 nitrogen and oxygen atoms in total. The van der Waals surface area contributed by atoms with E-state index in [-0.39, 0.29) is 0 Å². The highest BCUT2D eigenvalue weighted by Gasteiger charge is 2.85. The Kier molecular flexibility index (Phi) is 5.78. The van der Waals surface area contributed by atoms with Gasteiger partial charge in [0.15, 0.2) is 5.92 Å². The van der Waals surface area contributed by atoms with Gasteiger partial charge in [0.2, 0.25) is 5.41 Å². The molecule has 176 valence electrons. The second-order valence-electron chi connectivity index (χ2n) is 5.65. The monoisotopic (exact) mass is 488 g/mol. The first-order valence-corrected chi connectivity index (χ1v) is 6.60. The van der Waals surface area contributed by atoms with Crippen LogP contribution in [0.25, 0.3) is 0 Å². The molecule has 0 saturated heterocycles. The van der Waals surface area contributed by atoms with E-state index < -0.39 is 71.2 Å². The van der Waals surface area contributed by atoms with Gasteiger partial charge in [-0.1, -0.05) is 0 Å². The molecule has 0 spiro atoms. The van der Waals surface area contributed by atoms with Gasteiger partial charge in [0.25, 0.3) is 0 Å². The molecule has 18 heteroatoms. The molecule has 1 aliphatic rings. The molecule has 0 saturated carbocycles. The van der Waals surface area contributed by atoms with Crippen LogP contribution in [0.15, 0.2) is 22.8 Å². The summed E-state index contributed by atoms with van der Waals surface area (Å²) in [6.45, 7) is 0. The van der Waals surface area contributed by atoms with Crippen molar-refractivity contribution in [1.82, 2.24) is 0 Å². The second-order valence-corrected chi connectivity index (χ2v) is 5.65. The molecule has 0 bridgehead atoms. The molecular formula is C12H2F18. The van der Waals surface area contributed by atoms with Gasteiger partial charge < -0.3 is 0 Å². The quantitative estimate of drug-likeness (QED) is 0.343. The molecule has 30 heavy (non-hydrogen) atoms. The van der Waals surface area contributed by atoms with Crippen LogP contribution in [0.1, 0.15) is 0 Å². The van der Waals surface area contributed by atoms with E-state index >= 15 is 0 Å². The van der Waals surface area contributed by atoms with E-state index in [2.05, 4.69) is 0 Å². The van der Waals surface area contributed by atoms with Crippen LogP contribution in [0.3, 0.4) is 0 Å². The van der Waals surface area contributed by atoms with Gasteiger partial charge in [-0.05, 0) is 11.1 Å². The molecule has 0 N–H and O–H groups in total. The molecule has 0 aromatic rings. The fourth-order valence-corrected chi connectivity index (χ4v) is 2.90. The molecule has 0 radical (unpaired) electrons. The molecule has 1 rings (SSSR count). The summed E-state index contributed by atoms with van der Waals surface area (Å²) in [4.78, 5) is 0. The molecule has 1 aliphatic carbocycles. The lowest BCUT2D eigenvalue weighted by molar-refractivity contribution is -0.338. The van der Waals surface area contributed by atoms with Crippen LogP contribution in [0, 0.1) is 11.3 Å². The Morgan fingerprint density at radius 2 is 0.900 bits per heavy atom.